The van der Waals surface area contributed by atoms with E-state index < -0.39 is 0 Å². The van der Waals surface area contributed by atoms with Crippen LogP contribution in [0.15, 0.2) is 48.5 Å². The Hall–Kier alpha value is -2.49. The zero-order valence-electron chi connectivity index (χ0n) is 15.7. The van der Waals surface area contributed by atoms with Gasteiger partial charge < -0.3 is 15.0 Å². The summed E-state index contributed by atoms with van der Waals surface area (Å²) in [5, 5.41) is 3.05. The van der Waals surface area contributed by atoms with Gasteiger partial charge in [-0.3, -0.25) is 4.79 Å². The van der Waals surface area contributed by atoms with Gasteiger partial charge in [0.1, 0.15) is 5.75 Å². The summed E-state index contributed by atoms with van der Waals surface area (Å²) in [5.74, 6) is 0.964. The molecule has 1 amide bonds. The van der Waals surface area contributed by atoms with E-state index in [1.165, 1.54) is 11.3 Å². The summed E-state index contributed by atoms with van der Waals surface area (Å²) in [6.07, 6.45) is 3.36. The number of fused-ring (bicyclic) bond motifs is 1. The second kappa shape index (κ2) is 8.75. The summed E-state index contributed by atoms with van der Waals surface area (Å²) < 4.78 is 5.15. The van der Waals surface area contributed by atoms with Crippen molar-refractivity contribution in [3.8, 4) is 5.75 Å². The zero-order valence-corrected chi connectivity index (χ0v) is 15.7. The number of aryl methyl sites for hydroxylation is 1. The first kappa shape index (κ1) is 18.3. The van der Waals surface area contributed by atoms with E-state index in [0.717, 1.165) is 43.7 Å². The van der Waals surface area contributed by atoms with Crippen LogP contribution in [0.2, 0.25) is 0 Å². The number of methoxy groups -OCH3 is 1. The van der Waals surface area contributed by atoms with E-state index in [1.807, 2.05) is 24.3 Å². The molecule has 1 heterocycles. The summed E-state index contributed by atoms with van der Waals surface area (Å²) >= 11 is 0. The quantitative estimate of drug-likeness (QED) is 0.738. The number of amides is 1. The molecule has 0 spiro atoms. The summed E-state index contributed by atoms with van der Waals surface area (Å²) in [6.45, 7) is 3.98. The van der Waals surface area contributed by atoms with Crippen LogP contribution in [0.1, 0.15) is 30.9 Å². The Bertz CT molecular complexity index is 727. The largest absolute Gasteiger partial charge is 0.497 e. The van der Waals surface area contributed by atoms with E-state index in [1.54, 1.807) is 7.11 Å². The van der Waals surface area contributed by atoms with Crippen LogP contribution >= 0.6 is 0 Å². The maximum Gasteiger partial charge on any atom is 0.220 e. The number of nitrogens with one attached hydrogen (secondary N) is 1. The van der Waals surface area contributed by atoms with Crippen molar-refractivity contribution in [2.45, 2.75) is 38.6 Å². The molecule has 1 aliphatic rings. The lowest BCUT2D eigenvalue weighted by Crippen LogP contribution is -2.33. The number of carbonyl (C=O) groups is 1. The molecule has 1 atom stereocenters. The molecule has 4 nitrogen and oxygen atoms in total. The fourth-order valence-corrected chi connectivity index (χ4v) is 3.59. The van der Waals surface area contributed by atoms with Crippen molar-refractivity contribution in [2.24, 2.45) is 0 Å². The Labute approximate surface area is 156 Å². The molecule has 0 bridgehead atoms. The van der Waals surface area contributed by atoms with Gasteiger partial charge in [-0.15, -0.1) is 0 Å². The normalized spacial score (nSPS) is 15.6. The van der Waals surface area contributed by atoms with Crippen LogP contribution in [-0.4, -0.2) is 32.1 Å². The molecule has 0 aromatic heterocycles. The minimum atomic E-state index is 0.121. The van der Waals surface area contributed by atoms with E-state index in [2.05, 4.69) is 41.4 Å². The zero-order chi connectivity index (χ0) is 18.4. The van der Waals surface area contributed by atoms with Gasteiger partial charge >= 0.3 is 0 Å². The van der Waals surface area contributed by atoms with Gasteiger partial charge in [-0.1, -0.05) is 30.3 Å². The van der Waals surface area contributed by atoms with Crippen LogP contribution in [0.5, 0.6) is 5.75 Å². The Kier molecular flexibility index (Phi) is 6.16. The lowest BCUT2D eigenvalue weighted by molar-refractivity contribution is -0.121. The second-order valence-electron chi connectivity index (χ2n) is 6.93. The van der Waals surface area contributed by atoms with Crippen LogP contribution in [0.3, 0.4) is 0 Å². The second-order valence-corrected chi connectivity index (χ2v) is 6.93. The Morgan fingerprint density at radius 2 is 1.96 bits per heavy atom. The highest BCUT2D eigenvalue weighted by molar-refractivity contribution is 5.76. The van der Waals surface area contributed by atoms with Crippen LogP contribution in [0.25, 0.3) is 0 Å². The number of carbonyl (C=O) groups excluding carboxylic acids is 1. The lowest BCUT2D eigenvalue weighted by Gasteiger charge is -2.24. The average molecular weight is 352 g/mol. The van der Waals surface area contributed by atoms with Gasteiger partial charge in [0.25, 0.3) is 0 Å². The van der Waals surface area contributed by atoms with Gasteiger partial charge in [0.2, 0.25) is 5.91 Å². The maximum absolute atomic E-state index is 12.0. The molecule has 2 aromatic carbocycles. The number of ether oxygens (including phenoxy) is 1. The molecule has 0 fully saturated rings. The monoisotopic (exact) mass is 352 g/mol. The van der Waals surface area contributed by atoms with Crippen molar-refractivity contribution in [1.82, 2.24) is 5.32 Å². The van der Waals surface area contributed by atoms with Crippen molar-refractivity contribution >= 4 is 11.6 Å². The third-order valence-electron chi connectivity index (χ3n) is 5.05. The third-order valence-corrected chi connectivity index (χ3v) is 5.05. The molecular formula is C22H28N2O2. The van der Waals surface area contributed by atoms with Crippen LogP contribution < -0.4 is 15.0 Å². The summed E-state index contributed by atoms with van der Waals surface area (Å²) in [4.78, 5) is 14.5. The Balaban J connectivity index is 1.36. The first-order valence-corrected chi connectivity index (χ1v) is 9.41. The number of benzene rings is 2. The Morgan fingerprint density at radius 1 is 1.19 bits per heavy atom. The van der Waals surface area contributed by atoms with Crippen LogP contribution in [0.4, 0.5) is 5.69 Å². The molecule has 1 unspecified atom stereocenters. The topological polar surface area (TPSA) is 41.6 Å². The molecule has 3 rings (SSSR count). The molecule has 4 heteroatoms. The summed E-state index contributed by atoms with van der Waals surface area (Å²) in [6, 6.07) is 17.1. The summed E-state index contributed by atoms with van der Waals surface area (Å²) in [7, 11) is 1.66. The van der Waals surface area contributed by atoms with Gasteiger partial charge in [0.15, 0.2) is 0 Å². The van der Waals surface area contributed by atoms with Crippen molar-refractivity contribution in [2.75, 3.05) is 25.1 Å². The summed E-state index contributed by atoms with van der Waals surface area (Å²) in [5.41, 5.74) is 3.94. The van der Waals surface area contributed by atoms with Crippen molar-refractivity contribution in [3.05, 3.63) is 59.7 Å². The maximum atomic E-state index is 12.0. The predicted octanol–water partition coefficient (Wildman–Crippen LogP) is 3.59. The highest BCUT2D eigenvalue weighted by atomic mass is 16.5. The van der Waals surface area contributed by atoms with E-state index in [4.69, 9.17) is 4.74 Å². The molecule has 0 saturated heterocycles. The first-order valence-electron chi connectivity index (χ1n) is 9.41. The standard InChI is InChI=1S/C22H28N2O2/c1-17-16-19-6-3-4-7-21(19)24(17)15-5-14-23-22(25)13-10-18-8-11-20(26-2)12-9-18/h3-4,6-9,11-12,17H,5,10,13-16H2,1-2H3,(H,23,25). The van der Waals surface area contributed by atoms with Gasteiger partial charge in [-0.25, -0.2) is 0 Å². The van der Waals surface area contributed by atoms with E-state index in [9.17, 15) is 4.79 Å². The fourth-order valence-electron chi connectivity index (χ4n) is 3.59. The highest BCUT2D eigenvalue weighted by Crippen LogP contribution is 2.31. The molecule has 26 heavy (non-hydrogen) atoms. The predicted molar refractivity (Wildman–Crippen MR) is 106 cm³/mol. The average Bonchev–Trinajstić information content (AvgIpc) is 2.99. The van der Waals surface area contributed by atoms with Gasteiger partial charge in [-0.05, 0) is 55.5 Å². The van der Waals surface area contributed by atoms with E-state index in [-0.39, 0.29) is 5.91 Å². The van der Waals surface area contributed by atoms with Gasteiger partial charge in [-0.2, -0.15) is 0 Å². The van der Waals surface area contributed by atoms with Gasteiger partial charge in [0, 0.05) is 31.2 Å². The number of hydrogen-bond donors (Lipinski definition) is 1. The molecule has 0 radical (unpaired) electrons. The molecule has 138 valence electrons. The minimum absolute atomic E-state index is 0.121. The number of anilines is 1. The molecule has 1 aliphatic heterocycles. The van der Waals surface area contributed by atoms with Crippen LogP contribution in [-0.2, 0) is 17.6 Å². The third kappa shape index (κ3) is 4.57. The lowest BCUT2D eigenvalue weighted by atomic mass is 10.1. The number of hydrogen-bond acceptors (Lipinski definition) is 3. The van der Waals surface area contributed by atoms with Gasteiger partial charge in [0.05, 0.1) is 7.11 Å². The van der Waals surface area contributed by atoms with E-state index >= 15 is 0 Å². The van der Waals surface area contributed by atoms with Crippen molar-refractivity contribution in [1.29, 1.82) is 0 Å². The minimum Gasteiger partial charge on any atom is -0.497 e. The highest BCUT2D eigenvalue weighted by Gasteiger charge is 2.24. The van der Waals surface area contributed by atoms with Crippen LogP contribution in [0, 0.1) is 0 Å². The molecule has 0 saturated carbocycles. The number of nitrogens with zero attached hydrogens (tertiary/aromatic N) is 1. The van der Waals surface area contributed by atoms with Crippen molar-refractivity contribution in [3.63, 3.8) is 0 Å². The first-order chi connectivity index (χ1) is 12.7. The fraction of sp³-hybridized carbons (Fsp3) is 0.409. The number of rotatable bonds is 8. The van der Waals surface area contributed by atoms with Crippen molar-refractivity contribution < 1.29 is 9.53 Å². The molecule has 2 aromatic rings. The smallest absolute Gasteiger partial charge is 0.220 e. The molecular weight excluding hydrogens is 324 g/mol. The number of para-hydroxylation sites is 1. The SMILES string of the molecule is COc1ccc(CCC(=O)NCCCN2c3ccccc3CC2C)cc1. The van der Waals surface area contributed by atoms with E-state index in [0.29, 0.717) is 12.5 Å². The Morgan fingerprint density at radius 3 is 2.73 bits per heavy atom. The molecule has 1 N–H and O–H groups in total. The molecule has 0 aliphatic carbocycles.